The van der Waals surface area contributed by atoms with Crippen molar-refractivity contribution in [1.82, 2.24) is 15.0 Å². The van der Waals surface area contributed by atoms with Crippen molar-refractivity contribution in [2.45, 2.75) is 6.42 Å². The number of anilines is 2. The van der Waals surface area contributed by atoms with Gasteiger partial charge in [0.05, 0.1) is 12.6 Å². The van der Waals surface area contributed by atoms with E-state index in [1.807, 2.05) is 30.3 Å². The zero-order chi connectivity index (χ0) is 19.1. The largest absolute Gasteiger partial charge is 0.497 e. The molecule has 1 aliphatic rings. The number of hydrogen-bond donors (Lipinski definition) is 0. The summed E-state index contributed by atoms with van der Waals surface area (Å²) in [6, 6.07) is 16.2. The Bertz CT molecular complexity index is 1180. The van der Waals surface area contributed by atoms with E-state index in [1.165, 1.54) is 5.56 Å². The number of ether oxygens (including phenoxy) is 1. The van der Waals surface area contributed by atoms with Crippen LogP contribution in [0.2, 0.25) is 0 Å². The van der Waals surface area contributed by atoms with Gasteiger partial charge in [-0.3, -0.25) is 4.98 Å². The zero-order valence-electron chi connectivity index (χ0n) is 15.3. The fraction of sp³-hybridized carbons (Fsp3) is 0.136. The van der Waals surface area contributed by atoms with E-state index in [0.29, 0.717) is 5.82 Å². The molecule has 1 aliphatic heterocycles. The van der Waals surface area contributed by atoms with Gasteiger partial charge >= 0.3 is 0 Å². The predicted octanol–water partition coefficient (Wildman–Crippen LogP) is 5.16. The standard InChI is InChI=1S/C22H17BrN4O/c1-28-17-6-4-14-8-10-27(20(14)12-17)22-18-11-16(23)5-7-19(18)25-21(26-22)15-3-2-9-24-13-15/h2-7,9,11-13H,8,10H2,1H3. The van der Waals surface area contributed by atoms with Crippen LogP contribution in [0.25, 0.3) is 22.3 Å². The molecule has 6 heteroatoms. The van der Waals surface area contributed by atoms with E-state index in [4.69, 9.17) is 14.7 Å². The molecule has 0 saturated heterocycles. The number of methoxy groups -OCH3 is 1. The molecule has 0 radical (unpaired) electrons. The first-order valence-electron chi connectivity index (χ1n) is 9.05. The second-order valence-electron chi connectivity index (χ2n) is 6.67. The molecule has 0 saturated carbocycles. The van der Waals surface area contributed by atoms with Gasteiger partial charge in [-0.15, -0.1) is 0 Å². The van der Waals surface area contributed by atoms with Crippen LogP contribution in [0.5, 0.6) is 5.75 Å². The van der Waals surface area contributed by atoms with Gasteiger partial charge < -0.3 is 9.64 Å². The molecule has 5 nitrogen and oxygen atoms in total. The molecular formula is C22H17BrN4O. The van der Waals surface area contributed by atoms with Gasteiger partial charge in [-0.2, -0.15) is 0 Å². The summed E-state index contributed by atoms with van der Waals surface area (Å²) in [6.07, 6.45) is 4.53. The summed E-state index contributed by atoms with van der Waals surface area (Å²) in [4.78, 5) is 16.2. The molecule has 0 spiro atoms. The molecule has 28 heavy (non-hydrogen) atoms. The molecular weight excluding hydrogens is 416 g/mol. The Morgan fingerprint density at radius 1 is 1.07 bits per heavy atom. The number of aromatic nitrogens is 3. The van der Waals surface area contributed by atoms with Crippen LogP contribution in [0.3, 0.4) is 0 Å². The Kier molecular flexibility index (Phi) is 4.20. The van der Waals surface area contributed by atoms with Crippen LogP contribution in [0, 0.1) is 0 Å². The molecule has 0 unspecified atom stereocenters. The van der Waals surface area contributed by atoms with Crippen LogP contribution in [0.15, 0.2) is 65.4 Å². The van der Waals surface area contributed by atoms with Crippen LogP contribution in [-0.2, 0) is 6.42 Å². The Morgan fingerprint density at radius 2 is 2.00 bits per heavy atom. The molecule has 0 amide bonds. The highest BCUT2D eigenvalue weighted by Gasteiger charge is 2.25. The minimum Gasteiger partial charge on any atom is -0.497 e. The van der Waals surface area contributed by atoms with E-state index >= 15 is 0 Å². The first kappa shape index (κ1) is 17.1. The lowest BCUT2D eigenvalue weighted by molar-refractivity contribution is 0.415. The van der Waals surface area contributed by atoms with Crippen LogP contribution >= 0.6 is 15.9 Å². The number of benzene rings is 2. The van der Waals surface area contributed by atoms with Crippen molar-refractivity contribution >= 4 is 38.3 Å². The number of pyridine rings is 1. The second-order valence-corrected chi connectivity index (χ2v) is 7.59. The van der Waals surface area contributed by atoms with E-state index in [1.54, 1.807) is 19.5 Å². The number of rotatable bonds is 3. The van der Waals surface area contributed by atoms with Crippen LogP contribution in [0.4, 0.5) is 11.5 Å². The maximum Gasteiger partial charge on any atom is 0.163 e. The Hall–Kier alpha value is -2.99. The highest BCUT2D eigenvalue weighted by Crippen LogP contribution is 2.40. The van der Waals surface area contributed by atoms with Gasteiger partial charge in [0.1, 0.15) is 11.6 Å². The SMILES string of the molecule is COc1ccc2c(c1)N(c1nc(-c3cccnc3)nc3ccc(Br)cc13)CC2. The number of fused-ring (bicyclic) bond motifs is 2. The van der Waals surface area contributed by atoms with E-state index in [-0.39, 0.29) is 0 Å². The summed E-state index contributed by atoms with van der Waals surface area (Å²) in [7, 11) is 1.69. The maximum atomic E-state index is 5.45. The van der Waals surface area contributed by atoms with Crippen molar-refractivity contribution in [2.24, 2.45) is 0 Å². The van der Waals surface area contributed by atoms with E-state index in [9.17, 15) is 0 Å². The lowest BCUT2D eigenvalue weighted by Gasteiger charge is -2.21. The highest BCUT2D eigenvalue weighted by atomic mass is 79.9. The Labute approximate surface area is 171 Å². The molecule has 0 N–H and O–H groups in total. The van der Waals surface area contributed by atoms with Crippen LogP contribution in [0.1, 0.15) is 5.56 Å². The summed E-state index contributed by atoms with van der Waals surface area (Å²) in [6.45, 7) is 0.869. The summed E-state index contributed by atoms with van der Waals surface area (Å²) in [5.74, 6) is 2.42. The van der Waals surface area contributed by atoms with Gasteiger partial charge in [-0.05, 0) is 48.4 Å². The van der Waals surface area contributed by atoms with Gasteiger partial charge in [0.15, 0.2) is 5.82 Å². The first-order valence-corrected chi connectivity index (χ1v) is 9.84. The van der Waals surface area contributed by atoms with Crippen molar-refractivity contribution < 1.29 is 4.74 Å². The lowest BCUT2D eigenvalue weighted by atomic mass is 10.1. The molecule has 0 bridgehead atoms. The van der Waals surface area contributed by atoms with E-state index < -0.39 is 0 Å². The average Bonchev–Trinajstić information content (AvgIpc) is 3.16. The van der Waals surface area contributed by atoms with Gasteiger partial charge in [-0.25, -0.2) is 9.97 Å². The number of halogens is 1. The monoisotopic (exact) mass is 432 g/mol. The highest BCUT2D eigenvalue weighted by molar-refractivity contribution is 9.10. The van der Waals surface area contributed by atoms with Crippen molar-refractivity contribution in [2.75, 3.05) is 18.6 Å². The molecule has 4 aromatic rings. The van der Waals surface area contributed by atoms with Crippen LogP contribution in [-0.4, -0.2) is 28.6 Å². The molecule has 138 valence electrons. The molecule has 2 aromatic heterocycles. The van der Waals surface area contributed by atoms with Gasteiger partial charge in [0.2, 0.25) is 0 Å². The summed E-state index contributed by atoms with van der Waals surface area (Å²) in [5, 5.41) is 1.01. The Balaban J connectivity index is 1.74. The molecule has 0 aliphatic carbocycles. The Morgan fingerprint density at radius 3 is 2.82 bits per heavy atom. The fourth-order valence-electron chi connectivity index (χ4n) is 3.62. The smallest absolute Gasteiger partial charge is 0.163 e. The molecule has 2 aromatic carbocycles. The summed E-state index contributed by atoms with van der Waals surface area (Å²) in [5.41, 5.74) is 4.24. The molecule has 0 atom stereocenters. The predicted molar refractivity (Wildman–Crippen MR) is 114 cm³/mol. The zero-order valence-corrected chi connectivity index (χ0v) is 16.8. The van der Waals surface area contributed by atoms with Crippen molar-refractivity contribution in [3.63, 3.8) is 0 Å². The normalized spacial score (nSPS) is 13.0. The summed E-state index contributed by atoms with van der Waals surface area (Å²) >= 11 is 3.59. The van der Waals surface area contributed by atoms with Crippen LogP contribution < -0.4 is 9.64 Å². The van der Waals surface area contributed by atoms with Gasteiger partial charge in [0.25, 0.3) is 0 Å². The lowest BCUT2D eigenvalue weighted by Crippen LogP contribution is -2.16. The quantitative estimate of drug-likeness (QED) is 0.447. The number of hydrogen-bond acceptors (Lipinski definition) is 5. The second kappa shape index (κ2) is 6.87. The maximum absolute atomic E-state index is 5.45. The summed E-state index contributed by atoms with van der Waals surface area (Å²) < 4.78 is 6.45. The first-order chi connectivity index (χ1) is 13.7. The molecule has 0 fully saturated rings. The minimum atomic E-state index is 0.675. The third-order valence-electron chi connectivity index (χ3n) is 5.00. The molecule has 5 rings (SSSR count). The fourth-order valence-corrected chi connectivity index (χ4v) is 3.98. The van der Waals surface area contributed by atoms with E-state index in [2.05, 4.69) is 44.0 Å². The van der Waals surface area contributed by atoms with E-state index in [0.717, 1.165) is 51.2 Å². The topological polar surface area (TPSA) is 51.1 Å². The molecule has 3 heterocycles. The third kappa shape index (κ3) is 2.90. The number of nitrogens with zero attached hydrogens (tertiary/aromatic N) is 4. The van der Waals surface area contributed by atoms with Crippen molar-refractivity contribution in [1.29, 1.82) is 0 Å². The van der Waals surface area contributed by atoms with Crippen molar-refractivity contribution in [3.8, 4) is 17.1 Å². The average molecular weight is 433 g/mol. The third-order valence-corrected chi connectivity index (χ3v) is 5.49. The van der Waals surface area contributed by atoms with Gasteiger partial charge in [-0.1, -0.05) is 22.0 Å². The van der Waals surface area contributed by atoms with Gasteiger partial charge in [0, 0.05) is 46.1 Å². The minimum absolute atomic E-state index is 0.675. The van der Waals surface area contributed by atoms with Crippen molar-refractivity contribution in [3.05, 3.63) is 71.0 Å².